The maximum atomic E-state index is 12.8. The molecule has 1 unspecified atom stereocenters. The Bertz CT molecular complexity index is 983. The zero-order valence-electron chi connectivity index (χ0n) is 16.9. The van der Waals surface area contributed by atoms with Crippen LogP contribution in [-0.4, -0.2) is 40.6 Å². The largest absolute Gasteiger partial charge is 0.449 e. The molecule has 6 heteroatoms. The van der Waals surface area contributed by atoms with E-state index in [0.29, 0.717) is 12.8 Å². The normalized spacial score (nSPS) is 13.1. The van der Waals surface area contributed by atoms with E-state index in [2.05, 4.69) is 4.98 Å². The molecule has 1 aromatic heterocycles. The fourth-order valence-corrected chi connectivity index (χ4v) is 3.63. The van der Waals surface area contributed by atoms with Crippen molar-refractivity contribution < 1.29 is 14.3 Å². The third kappa shape index (κ3) is 4.66. The number of aromatic nitrogens is 1. The van der Waals surface area contributed by atoms with E-state index in [4.69, 9.17) is 10.5 Å². The van der Waals surface area contributed by atoms with Crippen LogP contribution in [0.15, 0.2) is 60.8 Å². The van der Waals surface area contributed by atoms with Crippen LogP contribution >= 0.6 is 0 Å². The molecule has 6 nitrogen and oxygen atoms in total. The quantitative estimate of drug-likeness (QED) is 0.641. The summed E-state index contributed by atoms with van der Waals surface area (Å²) in [6.07, 6.45) is 2.25. The first-order valence-electron chi connectivity index (χ1n) is 9.71. The van der Waals surface area contributed by atoms with Gasteiger partial charge in [-0.25, -0.2) is 9.69 Å². The van der Waals surface area contributed by atoms with E-state index in [1.54, 1.807) is 0 Å². The molecule has 0 radical (unpaired) electrons. The van der Waals surface area contributed by atoms with Crippen molar-refractivity contribution in [1.82, 2.24) is 9.88 Å². The Kier molecular flexibility index (Phi) is 6.34. The van der Waals surface area contributed by atoms with Crippen molar-refractivity contribution in [2.75, 3.05) is 13.2 Å². The van der Waals surface area contributed by atoms with E-state index in [0.717, 1.165) is 26.9 Å². The van der Waals surface area contributed by atoms with Crippen LogP contribution in [0.4, 0.5) is 4.79 Å². The second kappa shape index (κ2) is 8.92. The summed E-state index contributed by atoms with van der Waals surface area (Å²) in [6.45, 7) is 3.50. The predicted molar refractivity (Wildman–Crippen MR) is 113 cm³/mol. The second-order valence-electron chi connectivity index (χ2n) is 7.44. The monoisotopic (exact) mass is 393 g/mol. The van der Waals surface area contributed by atoms with Crippen molar-refractivity contribution in [1.29, 1.82) is 0 Å². The van der Waals surface area contributed by atoms with E-state index in [1.165, 1.54) is 6.92 Å². The van der Waals surface area contributed by atoms with Gasteiger partial charge in [0, 0.05) is 37.0 Å². The molecular formula is C23H27N3O3. The van der Waals surface area contributed by atoms with Gasteiger partial charge in [0.05, 0.1) is 12.1 Å². The topological polar surface area (TPSA) is 88.4 Å². The van der Waals surface area contributed by atoms with Crippen molar-refractivity contribution in [2.24, 2.45) is 5.73 Å². The lowest BCUT2D eigenvalue weighted by Gasteiger charge is -2.37. The zero-order valence-corrected chi connectivity index (χ0v) is 16.9. The number of H-pyrrole nitrogens is 1. The number of carbonyl (C=O) groups excluding carboxylic acids is 2. The fourth-order valence-electron chi connectivity index (χ4n) is 3.63. The summed E-state index contributed by atoms with van der Waals surface area (Å²) in [6, 6.07) is 17.7. The van der Waals surface area contributed by atoms with Crippen molar-refractivity contribution in [3.63, 3.8) is 0 Å². The Hall–Kier alpha value is -3.12. The fraction of sp³-hybridized carbons (Fsp3) is 0.304. The van der Waals surface area contributed by atoms with E-state index < -0.39 is 11.6 Å². The van der Waals surface area contributed by atoms with Crippen molar-refractivity contribution in [3.8, 4) is 0 Å². The van der Waals surface area contributed by atoms with E-state index in [-0.39, 0.29) is 19.1 Å². The highest BCUT2D eigenvalue weighted by atomic mass is 16.6. The summed E-state index contributed by atoms with van der Waals surface area (Å²) in [5.74, 6) is -0.387. The molecule has 0 fully saturated rings. The maximum absolute atomic E-state index is 12.8. The number of para-hydroxylation sites is 1. The van der Waals surface area contributed by atoms with Crippen LogP contribution in [0.5, 0.6) is 0 Å². The number of rotatable bonds is 7. The van der Waals surface area contributed by atoms with Gasteiger partial charge in [0.2, 0.25) is 5.91 Å². The molecule has 0 spiro atoms. The van der Waals surface area contributed by atoms with Gasteiger partial charge in [-0.3, -0.25) is 4.79 Å². The average molecular weight is 393 g/mol. The Labute approximate surface area is 170 Å². The number of nitrogens with two attached hydrogens (primary N) is 1. The summed E-state index contributed by atoms with van der Waals surface area (Å²) < 4.78 is 5.43. The molecular weight excluding hydrogens is 366 g/mol. The van der Waals surface area contributed by atoms with Gasteiger partial charge in [0.25, 0.3) is 0 Å². The summed E-state index contributed by atoms with van der Waals surface area (Å²) >= 11 is 0. The summed E-state index contributed by atoms with van der Waals surface area (Å²) in [5.41, 5.74) is 8.21. The lowest BCUT2D eigenvalue weighted by molar-refractivity contribution is -0.131. The Morgan fingerprint density at radius 3 is 2.48 bits per heavy atom. The number of hydrogen-bond donors (Lipinski definition) is 2. The number of fused-ring (bicyclic) bond motifs is 1. The van der Waals surface area contributed by atoms with Crippen LogP contribution in [0.3, 0.4) is 0 Å². The number of hydrogen-bond acceptors (Lipinski definition) is 4. The van der Waals surface area contributed by atoms with Crippen LogP contribution in [-0.2, 0) is 22.4 Å². The average Bonchev–Trinajstić information content (AvgIpc) is 3.11. The number of aromatic amines is 1. The molecule has 1 heterocycles. The SMILES string of the molecule is CC(=O)N(C(=O)OCCc1ccccc1)C(C)(CN)Cc1c[nH]c2ccccc12. The van der Waals surface area contributed by atoms with Crippen LogP contribution in [0, 0.1) is 0 Å². The van der Waals surface area contributed by atoms with Gasteiger partial charge < -0.3 is 15.5 Å². The molecule has 152 valence electrons. The standard InChI is InChI=1S/C23H27N3O3/c1-17(27)26(22(28)29-13-12-18-8-4-3-5-9-18)23(2,16-24)14-19-15-25-21-11-7-6-10-20(19)21/h3-11,15,25H,12-14,16,24H2,1-2H3. The molecule has 3 N–H and O–H groups in total. The van der Waals surface area contributed by atoms with E-state index in [9.17, 15) is 9.59 Å². The Morgan fingerprint density at radius 2 is 1.79 bits per heavy atom. The van der Waals surface area contributed by atoms with Crippen molar-refractivity contribution >= 4 is 22.9 Å². The third-order valence-corrected chi connectivity index (χ3v) is 5.18. The number of carbonyl (C=O) groups is 2. The molecule has 0 saturated carbocycles. The van der Waals surface area contributed by atoms with Gasteiger partial charge in [-0.2, -0.15) is 0 Å². The predicted octanol–water partition coefficient (Wildman–Crippen LogP) is 3.66. The molecule has 0 aliphatic heterocycles. The number of benzene rings is 2. The summed E-state index contributed by atoms with van der Waals surface area (Å²) in [4.78, 5) is 29.5. The maximum Gasteiger partial charge on any atom is 0.417 e. The Morgan fingerprint density at radius 1 is 1.10 bits per heavy atom. The molecule has 0 aliphatic carbocycles. The van der Waals surface area contributed by atoms with Crippen molar-refractivity contribution in [2.45, 2.75) is 32.2 Å². The lowest BCUT2D eigenvalue weighted by Crippen LogP contribution is -2.57. The zero-order chi connectivity index (χ0) is 20.9. The molecule has 1 atom stereocenters. The van der Waals surface area contributed by atoms with Gasteiger partial charge in [-0.05, 0) is 30.5 Å². The minimum absolute atomic E-state index is 0.125. The highest BCUT2D eigenvalue weighted by molar-refractivity contribution is 5.92. The number of ether oxygens (including phenoxy) is 1. The molecule has 2 amide bonds. The molecule has 0 bridgehead atoms. The van der Waals surface area contributed by atoms with Crippen LogP contribution < -0.4 is 5.73 Å². The van der Waals surface area contributed by atoms with Crippen LogP contribution in [0.2, 0.25) is 0 Å². The lowest BCUT2D eigenvalue weighted by atomic mass is 9.90. The van der Waals surface area contributed by atoms with E-state index in [1.807, 2.05) is 67.7 Å². The van der Waals surface area contributed by atoms with Gasteiger partial charge in [-0.15, -0.1) is 0 Å². The molecule has 3 aromatic rings. The van der Waals surface area contributed by atoms with Gasteiger partial charge in [-0.1, -0.05) is 48.5 Å². The van der Waals surface area contributed by atoms with Gasteiger partial charge in [0.1, 0.15) is 0 Å². The van der Waals surface area contributed by atoms with E-state index >= 15 is 0 Å². The Balaban J connectivity index is 1.75. The summed E-state index contributed by atoms with van der Waals surface area (Å²) in [5, 5.41) is 1.05. The van der Waals surface area contributed by atoms with Crippen LogP contribution in [0.1, 0.15) is 25.0 Å². The third-order valence-electron chi connectivity index (χ3n) is 5.18. The smallest absolute Gasteiger partial charge is 0.417 e. The first kappa shape index (κ1) is 20.6. The highest BCUT2D eigenvalue weighted by Crippen LogP contribution is 2.26. The molecule has 0 saturated heterocycles. The number of nitrogens with one attached hydrogen (secondary N) is 1. The van der Waals surface area contributed by atoms with Crippen LogP contribution in [0.25, 0.3) is 10.9 Å². The first-order chi connectivity index (χ1) is 13.9. The summed E-state index contributed by atoms with van der Waals surface area (Å²) in [7, 11) is 0. The molecule has 3 rings (SSSR count). The first-order valence-corrected chi connectivity index (χ1v) is 9.71. The minimum atomic E-state index is -0.902. The number of nitrogens with zero attached hydrogens (tertiary/aromatic N) is 1. The minimum Gasteiger partial charge on any atom is -0.449 e. The molecule has 0 aliphatic rings. The highest BCUT2D eigenvalue weighted by Gasteiger charge is 2.39. The second-order valence-corrected chi connectivity index (χ2v) is 7.44. The van der Waals surface area contributed by atoms with Gasteiger partial charge >= 0.3 is 6.09 Å². The van der Waals surface area contributed by atoms with Gasteiger partial charge in [0.15, 0.2) is 0 Å². The number of imide groups is 1. The van der Waals surface area contributed by atoms with Crippen molar-refractivity contribution in [3.05, 3.63) is 71.9 Å². The molecule has 29 heavy (non-hydrogen) atoms. The number of amides is 2. The molecule has 2 aromatic carbocycles.